The molecule has 1 amide bonds. The third kappa shape index (κ3) is 2.03. The van der Waals surface area contributed by atoms with Gasteiger partial charge in [0.05, 0.1) is 6.04 Å². The number of hydrogen-bond acceptors (Lipinski definition) is 2. The number of carbonyl (C=O) groups is 1. The monoisotopic (exact) mass is 246 g/mol. The Morgan fingerprint density at radius 3 is 2.61 bits per heavy atom. The average Bonchev–Trinajstić information content (AvgIpc) is 2.57. The SMILES string of the molecule is Cc1cccc(C2C(N)CC(=O)N2C(C)C)c1C. The maximum absolute atomic E-state index is 12.1. The van der Waals surface area contributed by atoms with Crippen molar-refractivity contribution < 1.29 is 4.79 Å². The van der Waals surface area contributed by atoms with Crippen molar-refractivity contribution in [3.05, 3.63) is 34.9 Å². The molecule has 1 heterocycles. The van der Waals surface area contributed by atoms with Gasteiger partial charge in [-0.05, 0) is 44.4 Å². The molecule has 1 aromatic rings. The van der Waals surface area contributed by atoms with Crippen molar-refractivity contribution in [2.24, 2.45) is 5.73 Å². The standard InChI is InChI=1S/C15H22N2O/c1-9(2)17-14(18)8-13(16)15(17)12-7-5-6-10(3)11(12)4/h5-7,9,13,15H,8,16H2,1-4H3. The van der Waals surface area contributed by atoms with Gasteiger partial charge in [-0.2, -0.15) is 0 Å². The van der Waals surface area contributed by atoms with Crippen LogP contribution in [-0.2, 0) is 4.79 Å². The maximum atomic E-state index is 12.1. The number of carbonyl (C=O) groups excluding carboxylic acids is 1. The number of aryl methyl sites for hydroxylation is 1. The van der Waals surface area contributed by atoms with E-state index in [1.54, 1.807) is 0 Å². The van der Waals surface area contributed by atoms with E-state index in [9.17, 15) is 4.79 Å². The molecule has 2 N–H and O–H groups in total. The summed E-state index contributed by atoms with van der Waals surface area (Å²) in [6, 6.07) is 6.36. The van der Waals surface area contributed by atoms with Crippen LogP contribution in [0.25, 0.3) is 0 Å². The first-order valence-corrected chi connectivity index (χ1v) is 6.56. The first-order valence-electron chi connectivity index (χ1n) is 6.56. The van der Waals surface area contributed by atoms with E-state index in [0.29, 0.717) is 6.42 Å². The van der Waals surface area contributed by atoms with Crippen LogP contribution in [0.1, 0.15) is 43.0 Å². The van der Waals surface area contributed by atoms with Crippen molar-refractivity contribution in [3.63, 3.8) is 0 Å². The van der Waals surface area contributed by atoms with Gasteiger partial charge in [0.15, 0.2) is 0 Å². The summed E-state index contributed by atoms with van der Waals surface area (Å²) in [5.74, 6) is 0.170. The summed E-state index contributed by atoms with van der Waals surface area (Å²) < 4.78 is 0. The zero-order chi connectivity index (χ0) is 13.4. The molecular formula is C15H22N2O. The third-order valence-electron chi connectivity index (χ3n) is 3.93. The van der Waals surface area contributed by atoms with Gasteiger partial charge in [0.25, 0.3) is 0 Å². The second-order valence-electron chi connectivity index (χ2n) is 5.50. The van der Waals surface area contributed by atoms with Crippen LogP contribution < -0.4 is 5.73 Å². The van der Waals surface area contributed by atoms with Crippen LogP contribution in [0.3, 0.4) is 0 Å². The quantitative estimate of drug-likeness (QED) is 0.870. The van der Waals surface area contributed by atoms with Crippen molar-refractivity contribution >= 4 is 5.91 Å². The Labute approximate surface area is 109 Å². The van der Waals surface area contributed by atoms with Gasteiger partial charge >= 0.3 is 0 Å². The molecule has 0 radical (unpaired) electrons. The summed E-state index contributed by atoms with van der Waals surface area (Å²) >= 11 is 0. The minimum absolute atomic E-state index is 0.0254. The fourth-order valence-electron chi connectivity index (χ4n) is 2.86. The van der Waals surface area contributed by atoms with E-state index in [1.165, 1.54) is 16.7 Å². The smallest absolute Gasteiger partial charge is 0.225 e. The normalized spacial score (nSPS) is 24.1. The minimum Gasteiger partial charge on any atom is -0.332 e. The van der Waals surface area contributed by atoms with E-state index in [2.05, 4.69) is 26.0 Å². The number of likely N-dealkylation sites (tertiary alicyclic amines) is 1. The van der Waals surface area contributed by atoms with Crippen molar-refractivity contribution in [1.29, 1.82) is 0 Å². The van der Waals surface area contributed by atoms with Crippen LogP contribution in [0.2, 0.25) is 0 Å². The summed E-state index contributed by atoms with van der Waals surface area (Å²) in [5, 5.41) is 0. The highest BCUT2D eigenvalue weighted by Gasteiger charge is 2.40. The largest absolute Gasteiger partial charge is 0.332 e. The zero-order valence-corrected chi connectivity index (χ0v) is 11.6. The van der Waals surface area contributed by atoms with Crippen molar-refractivity contribution in [1.82, 2.24) is 4.90 Å². The predicted octanol–water partition coefficient (Wildman–Crippen LogP) is 2.31. The first kappa shape index (κ1) is 13.1. The maximum Gasteiger partial charge on any atom is 0.225 e. The number of hydrogen-bond donors (Lipinski definition) is 1. The number of amides is 1. The van der Waals surface area contributed by atoms with E-state index in [-0.39, 0.29) is 24.0 Å². The number of nitrogens with two attached hydrogens (primary N) is 1. The Hall–Kier alpha value is -1.35. The summed E-state index contributed by atoms with van der Waals surface area (Å²) in [4.78, 5) is 14.0. The molecule has 0 aromatic heterocycles. The van der Waals surface area contributed by atoms with Crippen LogP contribution in [-0.4, -0.2) is 22.9 Å². The summed E-state index contributed by atoms with van der Waals surface area (Å²) in [5.41, 5.74) is 9.88. The third-order valence-corrected chi connectivity index (χ3v) is 3.93. The zero-order valence-electron chi connectivity index (χ0n) is 11.6. The number of rotatable bonds is 2. The highest BCUT2D eigenvalue weighted by molar-refractivity contribution is 5.80. The van der Waals surface area contributed by atoms with Gasteiger partial charge in [-0.3, -0.25) is 4.79 Å². The summed E-state index contributed by atoms with van der Waals surface area (Å²) in [6.07, 6.45) is 0.455. The lowest BCUT2D eigenvalue weighted by Gasteiger charge is -2.32. The van der Waals surface area contributed by atoms with Gasteiger partial charge in [0, 0.05) is 18.5 Å². The van der Waals surface area contributed by atoms with Gasteiger partial charge in [-0.1, -0.05) is 18.2 Å². The number of nitrogens with zero attached hydrogens (tertiary/aromatic N) is 1. The van der Waals surface area contributed by atoms with E-state index in [1.807, 2.05) is 24.8 Å². The van der Waals surface area contributed by atoms with Gasteiger partial charge in [0.1, 0.15) is 0 Å². The molecule has 2 atom stereocenters. The molecule has 0 spiro atoms. The Kier molecular flexibility index (Phi) is 3.44. The van der Waals surface area contributed by atoms with Gasteiger partial charge in [-0.25, -0.2) is 0 Å². The molecule has 0 aliphatic carbocycles. The number of benzene rings is 1. The molecule has 0 saturated carbocycles. The van der Waals surface area contributed by atoms with Crippen LogP contribution in [0.5, 0.6) is 0 Å². The molecule has 2 unspecified atom stereocenters. The Morgan fingerprint density at radius 1 is 1.33 bits per heavy atom. The van der Waals surface area contributed by atoms with E-state index in [4.69, 9.17) is 5.73 Å². The predicted molar refractivity (Wildman–Crippen MR) is 73.2 cm³/mol. The Morgan fingerprint density at radius 2 is 2.00 bits per heavy atom. The lowest BCUT2D eigenvalue weighted by Crippen LogP contribution is -2.38. The topological polar surface area (TPSA) is 46.3 Å². The fourth-order valence-corrected chi connectivity index (χ4v) is 2.86. The van der Waals surface area contributed by atoms with Crippen molar-refractivity contribution in [2.45, 2.75) is 52.2 Å². The molecule has 1 saturated heterocycles. The lowest BCUT2D eigenvalue weighted by atomic mass is 9.93. The van der Waals surface area contributed by atoms with E-state index < -0.39 is 0 Å². The Bertz CT molecular complexity index is 468. The molecular weight excluding hydrogens is 224 g/mol. The van der Waals surface area contributed by atoms with Crippen molar-refractivity contribution in [2.75, 3.05) is 0 Å². The van der Waals surface area contributed by atoms with Crippen LogP contribution in [0, 0.1) is 13.8 Å². The van der Waals surface area contributed by atoms with Crippen molar-refractivity contribution in [3.8, 4) is 0 Å². The van der Waals surface area contributed by atoms with Gasteiger partial charge in [-0.15, -0.1) is 0 Å². The molecule has 3 heteroatoms. The molecule has 3 nitrogen and oxygen atoms in total. The summed E-state index contributed by atoms with van der Waals surface area (Å²) in [7, 11) is 0. The molecule has 1 fully saturated rings. The highest BCUT2D eigenvalue weighted by atomic mass is 16.2. The molecule has 2 rings (SSSR count). The van der Waals surface area contributed by atoms with Crippen LogP contribution in [0.15, 0.2) is 18.2 Å². The van der Waals surface area contributed by atoms with E-state index >= 15 is 0 Å². The van der Waals surface area contributed by atoms with Gasteiger partial charge < -0.3 is 10.6 Å². The average molecular weight is 246 g/mol. The van der Waals surface area contributed by atoms with Crippen LogP contribution >= 0.6 is 0 Å². The molecule has 0 bridgehead atoms. The fraction of sp³-hybridized carbons (Fsp3) is 0.533. The highest BCUT2D eigenvalue weighted by Crippen LogP contribution is 2.35. The molecule has 1 aliphatic rings. The molecule has 1 aromatic carbocycles. The van der Waals surface area contributed by atoms with Gasteiger partial charge in [0.2, 0.25) is 5.91 Å². The molecule has 1 aliphatic heterocycles. The Balaban J connectivity index is 2.47. The second kappa shape index (κ2) is 4.73. The molecule has 98 valence electrons. The van der Waals surface area contributed by atoms with E-state index in [0.717, 1.165) is 0 Å². The van der Waals surface area contributed by atoms with Crippen LogP contribution in [0.4, 0.5) is 0 Å². The second-order valence-corrected chi connectivity index (χ2v) is 5.50. The summed E-state index contributed by atoms with van der Waals surface area (Å²) in [6.45, 7) is 8.31. The lowest BCUT2D eigenvalue weighted by molar-refractivity contribution is -0.130. The molecule has 18 heavy (non-hydrogen) atoms. The first-order chi connectivity index (χ1) is 8.43. The minimum atomic E-state index is -0.0969.